The zero-order valence-electron chi connectivity index (χ0n) is 12.7. The molecule has 1 fully saturated rings. The van der Waals surface area contributed by atoms with E-state index in [-0.39, 0.29) is 12.0 Å². The number of aromatic nitrogens is 4. The number of aryl methyl sites for hydroxylation is 1. The molecule has 3 heterocycles. The second kappa shape index (κ2) is 5.95. The molecule has 1 saturated heterocycles. The summed E-state index contributed by atoms with van der Waals surface area (Å²) < 4.78 is 13.3. The average molecular weight is 291 g/mol. The number of nitrogens with zero attached hydrogens (tertiary/aromatic N) is 5. The number of ether oxygens (including phenoxy) is 1. The van der Waals surface area contributed by atoms with Crippen LogP contribution in [0.5, 0.6) is 0 Å². The van der Waals surface area contributed by atoms with Crippen molar-refractivity contribution in [1.29, 1.82) is 0 Å². The van der Waals surface area contributed by atoms with Crippen LogP contribution in [0.25, 0.3) is 0 Å². The third kappa shape index (κ3) is 3.30. The van der Waals surface area contributed by atoms with Crippen molar-refractivity contribution in [2.45, 2.75) is 32.4 Å². The molecule has 21 heavy (non-hydrogen) atoms. The van der Waals surface area contributed by atoms with E-state index >= 15 is 0 Å². The Labute approximate surface area is 123 Å². The molecule has 0 spiro atoms. The van der Waals surface area contributed by atoms with Crippen molar-refractivity contribution >= 4 is 0 Å². The van der Waals surface area contributed by atoms with Crippen LogP contribution < -0.4 is 0 Å². The zero-order chi connectivity index (χ0) is 14.8. The summed E-state index contributed by atoms with van der Waals surface area (Å²) in [5.74, 6) is 1.47. The Hall–Kier alpha value is -1.73. The number of morpholine rings is 1. The highest BCUT2D eigenvalue weighted by Gasteiger charge is 2.27. The Bertz CT molecular complexity index is 592. The fourth-order valence-electron chi connectivity index (χ4n) is 2.38. The first-order valence-corrected chi connectivity index (χ1v) is 7.27. The third-order valence-corrected chi connectivity index (χ3v) is 3.53. The lowest BCUT2D eigenvalue weighted by Crippen LogP contribution is -2.38. The Kier molecular flexibility index (Phi) is 4.03. The topological polar surface area (TPSA) is 69.2 Å². The molecule has 2 aromatic rings. The van der Waals surface area contributed by atoms with Crippen molar-refractivity contribution < 1.29 is 9.15 Å². The molecule has 0 aromatic carbocycles. The van der Waals surface area contributed by atoms with Gasteiger partial charge >= 0.3 is 0 Å². The van der Waals surface area contributed by atoms with Gasteiger partial charge in [0.1, 0.15) is 6.10 Å². The Balaban J connectivity index is 1.64. The molecule has 0 N–H and O–H groups in total. The molecule has 0 saturated carbocycles. The lowest BCUT2D eigenvalue weighted by atomic mass is 10.2. The van der Waals surface area contributed by atoms with Gasteiger partial charge in [-0.3, -0.25) is 9.58 Å². The number of hydrogen-bond donors (Lipinski definition) is 0. The van der Waals surface area contributed by atoms with E-state index in [1.165, 1.54) is 0 Å². The average Bonchev–Trinajstić information content (AvgIpc) is 3.08. The van der Waals surface area contributed by atoms with Gasteiger partial charge in [-0.2, -0.15) is 5.10 Å². The zero-order valence-corrected chi connectivity index (χ0v) is 12.7. The van der Waals surface area contributed by atoms with Crippen LogP contribution in [0.4, 0.5) is 0 Å². The molecule has 0 amide bonds. The lowest BCUT2D eigenvalue weighted by molar-refractivity contribution is -0.0462. The summed E-state index contributed by atoms with van der Waals surface area (Å²) in [5, 5.41) is 12.6. The summed E-state index contributed by atoms with van der Waals surface area (Å²) in [6, 6.07) is 2.04. The van der Waals surface area contributed by atoms with E-state index in [1.54, 1.807) is 0 Å². The summed E-state index contributed by atoms with van der Waals surface area (Å²) in [5.41, 5.74) is 1.06. The van der Waals surface area contributed by atoms with Crippen molar-refractivity contribution in [3.8, 4) is 0 Å². The maximum atomic E-state index is 5.77. The van der Waals surface area contributed by atoms with Gasteiger partial charge in [-0.05, 0) is 6.07 Å². The van der Waals surface area contributed by atoms with Gasteiger partial charge in [-0.25, -0.2) is 0 Å². The molecule has 1 unspecified atom stereocenters. The van der Waals surface area contributed by atoms with E-state index in [0.29, 0.717) is 18.4 Å². The highest BCUT2D eigenvalue weighted by Crippen LogP contribution is 2.24. The minimum Gasteiger partial charge on any atom is -0.422 e. The van der Waals surface area contributed by atoms with E-state index in [0.717, 1.165) is 25.3 Å². The quantitative estimate of drug-likeness (QED) is 0.850. The minimum atomic E-state index is -0.150. The molecule has 7 nitrogen and oxygen atoms in total. The normalized spacial score (nSPS) is 20.3. The van der Waals surface area contributed by atoms with Crippen molar-refractivity contribution in [2.24, 2.45) is 7.05 Å². The highest BCUT2D eigenvalue weighted by molar-refractivity contribution is 5.00. The number of rotatable bonds is 4. The van der Waals surface area contributed by atoms with Crippen LogP contribution in [-0.4, -0.2) is 44.6 Å². The molecule has 114 valence electrons. The summed E-state index contributed by atoms with van der Waals surface area (Å²) in [7, 11) is 1.93. The molecule has 0 bridgehead atoms. The fraction of sp³-hybridized carbons (Fsp3) is 0.643. The molecule has 2 aromatic heterocycles. The summed E-state index contributed by atoms with van der Waals surface area (Å²) in [4.78, 5) is 2.30. The Morgan fingerprint density at radius 1 is 1.38 bits per heavy atom. The van der Waals surface area contributed by atoms with E-state index in [9.17, 15) is 0 Å². The predicted octanol–water partition coefficient (Wildman–Crippen LogP) is 1.50. The maximum absolute atomic E-state index is 5.77. The van der Waals surface area contributed by atoms with E-state index < -0.39 is 0 Å². The largest absolute Gasteiger partial charge is 0.422 e. The summed E-state index contributed by atoms with van der Waals surface area (Å²) >= 11 is 0. The molecular weight excluding hydrogens is 270 g/mol. The predicted molar refractivity (Wildman–Crippen MR) is 75.6 cm³/mol. The van der Waals surface area contributed by atoms with Crippen molar-refractivity contribution in [1.82, 2.24) is 24.9 Å². The smallest absolute Gasteiger partial charge is 0.246 e. The number of hydrogen-bond acceptors (Lipinski definition) is 6. The second-order valence-corrected chi connectivity index (χ2v) is 5.71. The van der Waals surface area contributed by atoms with Gasteiger partial charge in [-0.1, -0.05) is 13.8 Å². The van der Waals surface area contributed by atoms with Gasteiger partial charge in [0.2, 0.25) is 11.8 Å². The molecule has 0 radical (unpaired) electrons. The fourth-order valence-corrected chi connectivity index (χ4v) is 2.38. The molecular formula is C14H21N5O2. The Morgan fingerprint density at radius 2 is 2.24 bits per heavy atom. The van der Waals surface area contributed by atoms with Crippen LogP contribution >= 0.6 is 0 Å². The minimum absolute atomic E-state index is 0.150. The summed E-state index contributed by atoms with van der Waals surface area (Å²) in [6.07, 6.45) is 1.81. The van der Waals surface area contributed by atoms with Gasteiger partial charge < -0.3 is 9.15 Å². The molecule has 3 rings (SSSR count). The van der Waals surface area contributed by atoms with Crippen molar-refractivity contribution in [3.63, 3.8) is 0 Å². The first kappa shape index (κ1) is 14.2. The van der Waals surface area contributed by atoms with Crippen LogP contribution in [0, 0.1) is 0 Å². The second-order valence-electron chi connectivity index (χ2n) is 5.71. The molecule has 1 aliphatic rings. The standard InChI is InChI=1S/C14H21N5O2/c1-10(2)13-15-16-14(21-13)12-9-19(6-7-20-12)8-11-4-5-18(3)17-11/h4-5,10,12H,6-9H2,1-3H3. The SMILES string of the molecule is CC(C)c1nnc(C2CN(Cc3ccn(C)n3)CCO2)o1. The van der Waals surface area contributed by atoms with Crippen molar-refractivity contribution in [2.75, 3.05) is 19.7 Å². The van der Waals surface area contributed by atoms with Crippen LogP contribution in [0.3, 0.4) is 0 Å². The van der Waals surface area contributed by atoms with Crippen LogP contribution in [0.1, 0.15) is 43.3 Å². The third-order valence-electron chi connectivity index (χ3n) is 3.53. The van der Waals surface area contributed by atoms with Gasteiger partial charge in [0, 0.05) is 38.8 Å². The molecule has 7 heteroatoms. The van der Waals surface area contributed by atoms with Gasteiger partial charge in [0.25, 0.3) is 0 Å². The van der Waals surface area contributed by atoms with Crippen LogP contribution in [0.15, 0.2) is 16.7 Å². The monoisotopic (exact) mass is 291 g/mol. The van der Waals surface area contributed by atoms with E-state index in [4.69, 9.17) is 9.15 Å². The van der Waals surface area contributed by atoms with Gasteiger partial charge in [-0.15, -0.1) is 10.2 Å². The van der Waals surface area contributed by atoms with E-state index in [1.807, 2.05) is 37.8 Å². The molecule has 1 atom stereocenters. The molecule has 0 aliphatic carbocycles. The lowest BCUT2D eigenvalue weighted by Gasteiger charge is -2.30. The Morgan fingerprint density at radius 3 is 2.90 bits per heavy atom. The highest BCUT2D eigenvalue weighted by atomic mass is 16.5. The maximum Gasteiger partial charge on any atom is 0.246 e. The molecule has 1 aliphatic heterocycles. The first-order valence-electron chi connectivity index (χ1n) is 7.27. The van der Waals surface area contributed by atoms with Gasteiger partial charge in [0.05, 0.1) is 12.3 Å². The van der Waals surface area contributed by atoms with Crippen LogP contribution in [-0.2, 0) is 18.3 Å². The van der Waals surface area contributed by atoms with Gasteiger partial charge in [0.15, 0.2) is 0 Å². The first-order chi connectivity index (χ1) is 10.1. The van der Waals surface area contributed by atoms with E-state index in [2.05, 4.69) is 20.2 Å². The van der Waals surface area contributed by atoms with Crippen molar-refractivity contribution in [3.05, 3.63) is 29.7 Å². The van der Waals surface area contributed by atoms with Crippen LogP contribution in [0.2, 0.25) is 0 Å². The summed E-state index contributed by atoms with van der Waals surface area (Å²) in [6.45, 7) is 7.18.